The lowest BCUT2D eigenvalue weighted by atomic mass is 10.1. The smallest absolute Gasteiger partial charge is 0.260 e. The van der Waals surface area contributed by atoms with Crippen LogP contribution >= 0.6 is 11.3 Å². The number of aromatic nitrogens is 1. The molecule has 0 saturated carbocycles. The summed E-state index contributed by atoms with van der Waals surface area (Å²) in [5.41, 5.74) is 2.09. The van der Waals surface area contributed by atoms with Crippen molar-refractivity contribution in [3.63, 3.8) is 0 Å². The highest BCUT2D eigenvalue weighted by molar-refractivity contribution is 7.89. The Morgan fingerprint density at radius 3 is 2.41 bits per heavy atom. The second-order valence-corrected chi connectivity index (χ2v) is 10.7. The van der Waals surface area contributed by atoms with Gasteiger partial charge in [0.05, 0.1) is 28.8 Å². The molecule has 0 spiro atoms. The van der Waals surface area contributed by atoms with Crippen LogP contribution in [0.2, 0.25) is 0 Å². The molecule has 1 N–H and O–H groups in total. The molecular formula is C25H25N3O4S2. The molecule has 34 heavy (non-hydrogen) atoms. The second-order valence-electron chi connectivity index (χ2n) is 8.01. The number of fused-ring (bicyclic) bond motifs is 1. The van der Waals surface area contributed by atoms with Crippen molar-refractivity contribution in [1.82, 2.24) is 9.71 Å². The molecule has 0 fully saturated rings. The number of hydrogen-bond acceptors (Lipinski definition) is 6. The molecule has 4 rings (SSSR count). The molecule has 9 heteroatoms. The van der Waals surface area contributed by atoms with Crippen molar-refractivity contribution in [2.24, 2.45) is 0 Å². The van der Waals surface area contributed by atoms with Gasteiger partial charge in [-0.15, -0.1) is 0 Å². The number of nitrogens with one attached hydrogen (secondary N) is 1. The molecule has 0 radical (unpaired) electrons. The van der Waals surface area contributed by atoms with Crippen LogP contribution in [0.1, 0.15) is 29.8 Å². The minimum Gasteiger partial charge on any atom is -0.497 e. The number of thiazole rings is 1. The summed E-state index contributed by atoms with van der Waals surface area (Å²) < 4.78 is 33.7. The maximum Gasteiger partial charge on any atom is 0.260 e. The Labute approximate surface area is 203 Å². The Morgan fingerprint density at radius 2 is 1.76 bits per heavy atom. The minimum atomic E-state index is -3.64. The Hall–Kier alpha value is -3.27. The van der Waals surface area contributed by atoms with Gasteiger partial charge in [-0.1, -0.05) is 41.7 Å². The summed E-state index contributed by atoms with van der Waals surface area (Å²) in [6.07, 6.45) is 0. The Bertz CT molecular complexity index is 1400. The van der Waals surface area contributed by atoms with Gasteiger partial charge in [0, 0.05) is 11.6 Å². The molecule has 0 saturated heterocycles. The number of ether oxygens (including phenoxy) is 1. The predicted molar refractivity (Wildman–Crippen MR) is 135 cm³/mol. The summed E-state index contributed by atoms with van der Waals surface area (Å²) in [4.78, 5) is 20.0. The van der Waals surface area contributed by atoms with Gasteiger partial charge in [-0.3, -0.25) is 9.69 Å². The number of carbonyl (C=O) groups is 1. The number of rotatable bonds is 8. The molecule has 0 aliphatic carbocycles. The molecule has 1 aromatic heterocycles. The molecular weight excluding hydrogens is 470 g/mol. The van der Waals surface area contributed by atoms with E-state index in [2.05, 4.69) is 9.71 Å². The first-order chi connectivity index (χ1) is 16.3. The van der Waals surface area contributed by atoms with E-state index in [9.17, 15) is 13.2 Å². The fourth-order valence-electron chi connectivity index (χ4n) is 3.44. The zero-order valence-electron chi connectivity index (χ0n) is 19.1. The molecule has 4 aromatic rings. The van der Waals surface area contributed by atoms with Crippen molar-refractivity contribution in [2.45, 2.75) is 31.3 Å². The highest BCUT2D eigenvalue weighted by Crippen LogP contribution is 2.33. The first kappa shape index (κ1) is 23.9. The highest BCUT2D eigenvalue weighted by atomic mass is 32.2. The van der Waals surface area contributed by atoms with E-state index in [0.29, 0.717) is 17.2 Å². The van der Waals surface area contributed by atoms with Crippen LogP contribution in [0, 0.1) is 0 Å². The van der Waals surface area contributed by atoms with Crippen LogP contribution < -0.4 is 14.4 Å². The van der Waals surface area contributed by atoms with E-state index in [-0.39, 0.29) is 16.8 Å². The van der Waals surface area contributed by atoms with Gasteiger partial charge in [0.25, 0.3) is 5.91 Å². The second kappa shape index (κ2) is 9.92. The topological polar surface area (TPSA) is 88.6 Å². The van der Waals surface area contributed by atoms with Crippen molar-refractivity contribution in [2.75, 3.05) is 12.0 Å². The van der Waals surface area contributed by atoms with Crippen LogP contribution in [0.4, 0.5) is 5.13 Å². The number of hydrogen-bond donors (Lipinski definition) is 1. The molecule has 0 atom stereocenters. The molecule has 7 nitrogen and oxygen atoms in total. The number of sulfonamides is 1. The number of nitrogens with zero attached hydrogens (tertiary/aromatic N) is 2. The van der Waals surface area contributed by atoms with Crippen LogP contribution in [0.15, 0.2) is 77.7 Å². The largest absolute Gasteiger partial charge is 0.497 e. The first-order valence-corrected chi connectivity index (χ1v) is 13.0. The number of amides is 1. The van der Waals surface area contributed by atoms with E-state index in [0.717, 1.165) is 21.5 Å². The molecule has 0 bridgehead atoms. The number of benzene rings is 3. The van der Waals surface area contributed by atoms with Crippen molar-refractivity contribution in [1.29, 1.82) is 0 Å². The fraction of sp³-hybridized carbons (Fsp3) is 0.200. The quantitative estimate of drug-likeness (QED) is 0.378. The van der Waals surface area contributed by atoms with Crippen LogP contribution in [-0.2, 0) is 16.6 Å². The Morgan fingerprint density at radius 1 is 1.06 bits per heavy atom. The maximum atomic E-state index is 13.6. The van der Waals surface area contributed by atoms with Gasteiger partial charge in [-0.2, -0.15) is 0 Å². The average Bonchev–Trinajstić information content (AvgIpc) is 3.25. The van der Waals surface area contributed by atoms with Crippen LogP contribution in [0.3, 0.4) is 0 Å². The van der Waals surface area contributed by atoms with Crippen molar-refractivity contribution in [3.05, 3.63) is 83.9 Å². The molecule has 0 aliphatic rings. The molecule has 0 unspecified atom stereocenters. The lowest BCUT2D eigenvalue weighted by Gasteiger charge is -2.20. The van der Waals surface area contributed by atoms with Gasteiger partial charge in [0.1, 0.15) is 5.75 Å². The van der Waals surface area contributed by atoms with Crippen molar-refractivity contribution >= 4 is 42.6 Å². The van der Waals surface area contributed by atoms with Gasteiger partial charge in [-0.25, -0.2) is 18.1 Å². The summed E-state index contributed by atoms with van der Waals surface area (Å²) in [6.45, 7) is 3.83. The lowest BCUT2D eigenvalue weighted by molar-refractivity contribution is 0.0985. The van der Waals surface area contributed by atoms with Gasteiger partial charge < -0.3 is 4.74 Å². The minimum absolute atomic E-state index is 0.111. The molecule has 0 aliphatic heterocycles. The summed E-state index contributed by atoms with van der Waals surface area (Å²) in [5.74, 6) is 0.450. The Balaban J connectivity index is 1.70. The van der Waals surface area contributed by atoms with E-state index in [1.54, 1.807) is 25.9 Å². The monoisotopic (exact) mass is 495 g/mol. The van der Waals surface area contributed by atoms with Crippen LogP contribution in [0.25, 0.3) is 10.2 Å². The maximum absolute atomic E-state index is 13.6. The van der Waals surface area contributed by atoms with Gasteiger partial charge in [-0.05, 0) is 61.9 Å². The van der Waals surface area contributed by atoms with Gasteiger partial charge in [0.15, 0.2) is 5.13 Å². The van der Waals surface area contributed by atoms with Crippen LogP contribution in [-0.4, -0.2) is 32.5 Å². The lowest BCUT2D eigenvalue weighted by Crippen LogP contribution is -2.31. The Kier molecular flexibility index (Phi) is 6.97. The van der Waals surface area contributed by atoms with E-state index in [1.165, 1.54) is 35.6 Å². The SMILES string of the molecule is COc1ccc2nc(N(Cc3ccccc3)C(=O)c3ccc(S(=O)(=O)NC(C)C)cc3)sc2c1. The van der Waals surface area contributed by atoms with Gasteiger partial charge >= 0.3 is 0 Å². The van der Waals surface area contributed by atoms with E-state index in [1.807, 2.05) is 48.5 Å². The zero-order chi connectivity index (χ0) is 24.3. The van der Waals surface area contributed by atoms with Crippen molar-refractivity contribution in [3.8, 4) is 5.75 Å². The third-order valence-electron chi connectivity index (χ3n) is 5.05. The third-order valence-corrected chi connectivity index (χ3v) is 7.76. The number of anilines is 1. The fourth-order valence-corrected chi connectivity index (χ4v) is 5.68. The highest BCUT2D eigenvalue weighted by Gasteiger charge is 2.23. The summed E-state index contributed by atoms with van der Waals surface area (Å²) in [5, 5.41) is 0.551. The van der Waals surface area contributed by atoms with Crippen molar-refractivity contribution < 1.29 is 17.9 Å². The van der Waals surface area contributed by atoms with E-state index >= 15 is 0 Å². The van der Waals surface area contributed by atoms with E-state index < -0.39 is 10.0 Å². The first-order valence-electron chi connectivity index (χ1n) is 10.7. The molecule has 1 amide bonds. The van der Waals surface area contributed by atoms with Crippen LogP contribution in [0.5, 0.6) is 5.75 Å². The third kappa shape index (κ3) is 5.27. The molecule has 3 aromatic carbocycles. The standard InChI is InChI=1S/C25H25N3O4S2/c1-17(2)27-34(30,31)21-12-9-19(10-13-21)24(29)28(16-18-7-5-4-6-8-18)25-26-22-14-11-20(32-3)15-23(22)33-25/h4-15,17,27H,16H2,1-3H3. The van der Waals surface area contributed by atoms with E-state index in [4.69, 9.17) is 4.74 Å². The number of carbonyl (C=O) groups excluding carboxylic acids is 1. The van der Waals surface area contributed by atoms with Gasteiger partial charge in [0.2, 0.25) is 10.0 Å². The normalized spacial score (nSPS) is 11.6. The molecule has 1 heterocycles. The number of methoxy groups -OCH3 is 1. The predicted octanol–water partition coefficient (Wildman–Crippen LogP) is 4.84. The summed E-state index contributed by atoms with van der Waals surface area (Å²) >= 11 is 1.40. The average molecular weight is 496 g/mol. The summed E-state index contributed by atoms with van der Waals surface area (Å²) in [7, 11) is -2.04. The molecule has 176 valence electrons. The summed E-state index contributed by atoms with van der Waals surface area (Å²) in [6, 6.07) is 21.0. The zero-order valence-corrected chi connectivity index (χ0v) is 20.7.